The molecule has 0 saturated heterocycles. The maximum Gasteiger partial charge on any atom is 0.124 e. The van der Waals surface area contributed by atoms with Crippen molar-refractivity contribution in [2.45, 2.75) is 13.0 Å². The molecule has 0 heterocycles. The third-order valence-electron chi connectivity index (χ3n) is 3.37. The van der Waals surface area contributed by atoms with E-state index < -0.39 is 0 Å². The summed E-state index contributed by atoms with van der Waals surface area (Å²) in [6.45, 7) is 2.01. The highest BCUT2D eigenvalue weighted by Gasteiger charge is 2.17. The minimum absolute atomic E-state index is 0.129. The molecule has 0 bridgehead atoms. The minimum Gasteiger partial charge on any atom is -0.496 e. The van der Waals surface area contributed by atoms with Crippen LogP contribution in [-0.2, 0) is 0 Å². The maximum atomic E-state index is 5.74. The molecule has 0 radical (unpaired) electrons. The standard InChI is InChI=1S/C16H20N2O2/c1-11-10-12(8-9-14(11)19-2)16(18-17)13-6-4-5-7-15(13)20-3/h4-10,16,18H,17H2,1-3H3. The van der Waals surface area contributed by atoms with Gasteiger partial charge < -0.3 is 9.47 Å². The van der Waals surface area contributed by atoms with E-state index in [1.165, 1.54) is 0 Å². The highest BCUT2D eigenvalue weighted by atomic mass is 16.5. The van der Waals surface area contributed by atoms with E-state index in [0.717, 1.165) is 28.2 Å². The molecule has 1 unspecified atom stereocenters. The summed E-state index contributed by atoms with van der Waals surface area (Å²) in [7, 11) is 3.33. The lowest BCUT2D eigenvalue weighted by atomic mass is 9.97. The summed E-state index contributed by atoms with van der Waals surface area (Å²) in [6.07, 6.45) is 0. The van der Waals surface area contributed by atoms with E-state index in [1.54, 1.807) is 14.2 Å². The average molecular weight is 272 g/mol. The molecule has 3 N–H and O–H groups in total. The van der Waals surface area contributed by atoms with Gasteiger partial charge in [0.2, 0.25) is 0 Å². The van der Waals surface area contributed by atoms with Gasteiger partial charge in [-0.05, 0) is 30.2 Å². The van der Waals surface area contributed by atoms with Crippen molar-refractivity contribution in [3.8, 4) is 11.5 Å². The molecule has 1 atom stereocenters. The second-order valence-electron chi connectivity index (χ2n) is 4.57. The van der Waals surface area contributed by atoms with Gasteiger partial charge in [0, 0.05) is 5.56 Å². The maximum absolute atomic E-state index is 5.74. The van der Waals surface area contributed by atoms with Crippen LogP contribution >= 0.6 is 0 Å². The number of aryl methyl sites for hydroxylation is 1. The number of ether oxygens (including phenoxy) is 2. The fourth-order valence-corrected chi connectivity index (χ4v) is 2.35. The first kappa shape index (κ1) is 14.4. The van der Waals surface area contributed by atoms with Crippen molar-refractivity contribution < 1.29 is 9.47 Å². The molecule has 4 nitrogen and oxygen atoms in total. The summed E-state index contributed by atoms with van der Waals surface area (Å²) >= 11 is 0. The number of rotatable bonds is 5. The van der Waals surface area contributed by atoms with Gasteiger partial charge in [-0.25, -0.2) is 5.43 Å². The number of para-hydroxylation sites is 1. The van der Waals surface area contributed by atoms with Gasteiger partial charge in [0.1, 0.15) is 11.5 Å². The summed E-state index contributed by atoms with van der Waals surface area (Å²) in [6, 6.07) is 13.7. The number of hydrogen-bond donors (Lipinski definition) is 2. The lowest BCUT2D eigenvalue weighted by molar-refractivity contribution is 0.403. The molecule has 0 fully saturated rings. The first-order valence-electron chi connectivity index (χ1n) is 6.44. The zero-order valence-corrected chi connectivity index (χ0v) is 12.0. The third-order valence-corrected chi connectivity index (χ3v) is 3.37. The summed E-state index contributed by atoms with van der Waals surface area (Å²) < 4.78 is 10.7. The molecule has 0 aliphatic rings. The Morgan fingerprint density at radius 1 is 1.00 bits per heavy atom. The number of hydrogen-bond acceptors (Lipinski definition) is 4. The lowest BCUT2D eigenvalue weighted by Crippen LogP contribution is -2.29. The van der Waals surface area contributed by atoms with Crippen LogP contribution in [0.3, 0.4) is 0 Å². The molecule has 0 aliphatic carbocycles. The molecule has 0 saturated carbocycles. The van der Waals surface area contributed by atoms with Crippen LogP contribution in [0.4, 0.5) is 0 Å². The van der Waals surface area contributed by atoms with Gasteiger partial charge in [0.15, 0.2) is 0 Å². The Balaban J connectivity index is 2.44. The number of nitrogens with two attached hydrogens (primary N) is 1. The molecule has 0 aromatic heterocycles. The Morgan fingerprint density at radius 2 is 1.70 bits per heavy atom. The zero-order valence-electron chi connectivity index (χ0n) is 12.0. The van der Waals surface area contributed by atoms with Crippen LogP contribution in [0, 0.1) is 6.92 Å². The molecule has 2 aromatic rings. The molecule has 20 heavy (non-hydrogen) atoms. The summed E-state index contributed by atoms with van der Waals surface area (Å²) in [5, 5.41) is 0. The van der Waals surface area contributed by atoms with Gasteiger partial charge in [0.25, 0.3) is 0 Å². The van der Waals surface area contributed by atoms with E-state index in [9.17, 15) is 0 Å². The fraction of sp³-hybridized carbons (Fsp3) is 0.250. The molecule has 0 aliphatic heterocycles. The van der Waals surface area contributed by atoms with Crippen LogP contribution in [0.15, 0.2) is 42.5 Å². The van der Waals surface area contributed by atoms with Crippen molar-refractivity contribution in [1.82, 2.24) is 5.43 Å². The van der Waals surface area contributed by atoms with E-state index in [-0.39, 0.29) is 6.04 Å². The van der Waals surface area contributed by atoms with E-state index in [2.05, 4.69) is 11.5 Å². The minimum atomic E-state index is -0.129. The van der Waals surface area contributed by atoms with Gasteiger partial charge in [-0.1, -0.05) is 30.3 Å². The van der Waals surface area contributed by atoms with Crippen molar-refractivity contribution in [2.75, 3.05) is 14.2 Å². The van der Waals surface area contributed by atoms with Crippen LogP contribution in [0.5, 0.6) is 11.5 Å². The number of methoxy groups -OCH3 is 2. The summed E-state index contributed by atoms with van der Waals surface area (Å²) in [5.74, 6) is 7.42. The molecule has 4 heteroatoms. The van der Waals surface area contributed by atoms with Crippen molar-refractivity contribution in [3.63, 3.8) is 0 Å². The molecule has 106 valence electrons. The fourth-order valence-electron chi connectivity index (χ4n) is 2.35. The van der Waals surface area contributed by atoms with Crippen molar-refractivity contribution in [3.05, 3.63) is 59.2 Å². The van der Waals surface area contributed by atoms with Crippen LogP contribution < -0.4 is 20.7 Å². The van der Waals surface area contributed by atoms with E-state index in [4.69, 9.17) is 15.3 Å². The van der Waals surface area contributed by atoms with Crippen LogP contribution in [0.25, 0.3) is 0 Å². The van der Waals surface area contributed by atoms with Crippen LogP contribution in [0.2, 0.25) is 0 Å². The number of nitrogens with one attached hydrogen (secondary N) is 1. The van der Waals surface area contributed by atoms with E-state index in [1.807, 2.05) is 43.3 Å². The summed E-state index contributed by atoms with van der Waals surface area (Å²) in [4.78, 5) is 0. The number of benzene rings is 2. The highest BCUT2D eigenvalue weighted by molar-refractivity contribution is 5.44. The predicted octanol–water partition coefficient (Wildman–Crippen LogP) is 2.56. The van der Waals surface area contributed by atoms with Crippen molar-refractivity contribution >= 4 is 0 Å². The van der Waals surface area contributed by atoms with Gasteiger partial charge in [-0.2, -0.15) is 0 Å². The smallest absolute Gasteiger partial charge is 0.124 e. The Bertz CT molecular complexity index is 584. The molecule has 2 aromatic carbocycles. The normalized spacial score (nSPS) is 12.0. The molecule has 2 rings (SSSR count). The quantitative estimate of drug-likeness (QED) is 0.649. The van der Waals surface area contributed by atoms with Crippen molar-refractivity contribution in [1.29, 1.82) is 0 Å². The lowest BCUT2D eigenvalue weighted by Gasteiger charge is -2.20. The second kappa shape index (κ2) is 6.41. The Kier molecular flexibility index (Phi) is 4.61. The molecular weight excluding hydrogens is 252 g/mol. The Labute approximate surface area is 119 Å². The predicted molar refractivity (Wildman–Crippen MR) is 79.9 cm³/mol. The average Bonchev–Trinajstić information content (AvgIpc) is 2.49. The van der Waals surface area contributed by atoms with E-state index in [0.29, 0.717) is 0 Å². The van der Waals surface area contributed by atoms with Gasteiger partial charge in [-0.3, -0.25) is 5.84 Å². The topological polar surface area (TPSA) is 56.5 Å². The Hall–Kier alpha value is -2.04. The van der Waals surface area contributed by atoms with Gasteiger partial charge in [-0.15, -0.1) is 0 Å². The van der Waals surface area contributed by atoms with Crippen molar-refractivity contribution in [2.24, 2.45) is 5.84 Å². The molecule has 0 spiro atoms. The second-order valence-corrected chi connectivity index (χ2v) is 4.57. The van der Waals surface area contributed by atoms with Crippen LogP contribution in [0.1, 0.15) is 22.7 Å². The third kappa shape index (κ3) is 2.76. The first-order chi connectivity index (χ1) is 9.71. The van der Waals surface area contributed by atoms with Crippen LogP contribution in [-0.4, -0.2) is 14.2 Å². The van der Waals surface area contributed by atoms with E-state index >= 15 is 0 Å². The zero-order chi connectivity index (χ0) is 14.5. The van der Waals surface area contributed by atoms with Gasteiger partial charge in [0.05, 0.1) is 20.3 Å². The Morgan fingerprint density at radius 3 is 2.30 bits per heavy atom. The molecule has 0 amide bonds. The highest BCUT2D eigenvalue weighted by Crippen LogP contribution is 2.31. The largest absolute Gasteiger partial charge is 0.496 e. The summed E-state index contributed by atoms with van der Waals surface area (Å²) in [5.41, 5.74) is 5.99. The molecular formula is C16H20N2O2. The first-order valence-corrected chi connectivity index (χ1v) is 6.44. The van der Waals surface area contributed by atoms with Gasteiger partial charge >= 0.3 is 0 Å². The monoisotopic (exact) mass is 272 g/mol. The number of hydrazine groups is 1. The SMILES string of the molecule is COc1ccc(C(NN)c2ccccc2OC)cc1C.